The molecule has 1 atom stereocenters. The molecule has 0 radical (unpaired) electrons. The Balaban J connectivity index is 1.30. The number of benzene rings is 6. The van der Waals surface area contributed by atoms with Crippen LogP contribution in [0, 0.1) is 0 Å². The van der Waals surface area contributed by atoms with Crippen LogP contribution in [0.25, 0.3) is 33.5 Å². The maximum atomic E-state index is 16.1. The van der Waals surface area contributed by atoms with Crippen molar-refractivity contribution in [2.45, 2.75) is 49.0 Å². The number of hydrogen-bond donors (Lipinski definition) is 4. The quantitative estimate of drug-likeness (QED) is 0.0635. The number of alkyl carbamates (subject to hydrolysis) is 1. The summed E-state index contributed by atoms with van der Waals surface area (Å²) in [6, 6.07) is 36.9. The Morgan fingerprint density at radius 1 is 0.729 bits per heavy atom. The lowest BCUT2D eigenvalue weighted by atomic mass is 9.98. The van der Waals surface area contributed by atoms with Gasteiger partial charge in [-0.1, -0.05) is 84.9 Å². The number of tetrazole rings is 1. The third-order valence-electron chi connectivity index (χ3n) is 11.1. The average molecular weight is 987 g/mol. The van der Waals surface area contributed by atoms with Crippen LogP contribution in [-0.4, -0.2) is 91.3 Å². The fraction of sp³-hybridized carbons (Fsp3) is 0.204. The first-order valence-corrected chi connectivity index (χ1v) is 24.7. The van der Waals surface area contributed by atoms with Crippen molar-refractivity contribution in [2.24, 2.45) is 0 Å². The molecule has 2 heterocycles. The number of aromatic nitrogens is 6. The lowest BCUT2D eigenvalue weighted by Gasteiger charge is -2.26. The summed E-state index contributed by atoms with van der Waals surface area (Å²) >= 11 is 0. The van der Waals surface area contributed by atoms with Gasteiger partial charge in [0.2, 0.25) is 25.9 Å². The molecular formula is C49H50N10O9S2. The van der Waals surface area contributed by atoms with Gasteiger partial charge in [0.05, 0.1) is 44.5 Å². The van der Waals surface area contributed by atoms with Crippen LogP contribution >= 0.6 is 0 Å². The van der Waals surface area contributed by atoms with Crippen molar-refractivity contribution in [3.63, 3.8) is 0 Å². The molecule has 0 unspecified atom stereocenters. The molecule has 21 heteroatoms. The Bertz CT molecular complexity index is 3270. The Hall–Kier alpha value is -7.85. The smallest absolute Gasteiger partial charge is 0.407 e. The second kappa shape index (κ2) is 21.2. The zero-order valence-corrected chi connectivity index (χ0v) is 40.2. The molecule has 5 N–H and O–H groups in total. The molecule has 0 spiro atoms. The summed E-state index contributed by atoms with van der Waals surface area (Å²) in [4.78, 5) is 20.3. The topological polar surface area (TPSA) is 248 Å². The summed E-state index contributed by atoms with van der Waals surface area (Å²) in [6.45, 7) is 0.966. The van der Waals surface area contributed by atoms with E-state index in [1.807, 2.05) is 30.3 Å². The van der Waals surface area contributed by atoms with Crippen molar-refractivity contribution in [3.05, 3.63) is 156 Å². The molecule has 0 aliphatic heterocycles. The lowest BCUT2D eigenvalue weighted by molar-refractivity contribution is 0.139. The minimum atomic E-state index is -4.97. The van der Waals surface area contributed by atoms with E-state index in [9.17, 15) is 4.79 Å². The highest BCUT2D eigenvalue weighted by Crippen LogP contribution is 2.43. The van der Waals surface area contributed by atoms with Crippen LogP contribution in [0.3, 0.4) is 0 Å². The summed E-state index contributed by atoms with van der Waals surface area (Å²) in [6.07, 6.45) is -0.783. The number of nitrogen functional groups attached to an aromatic ring is 1. The molecule has 0 saturated carbocycles. The number of para-hydroxylation sites is 1. The Morgan fingerprint density at radius 3 is 1.93 bits per heavy atom. The number of fused-ring (bicyclic) bond motifs is 1. The van der Waals surface area contributed by atoms with Crippen LogP contribution in [0.1, 0.15) is 29.2 Å². The molecular weight excluding hydrogens is 937 g/mol. The van der Waals surface area contributed by atoms with Crippen molar-refractivity contribution in [2.75, 3.05) is 33.6 Å². The number of amides is 1. The van der Waals surface area contributed by atoms with Gasteiger partial charge in [-0.15, -0.1) is 10.2 Å². The highest BCUT2D eigenvalue weighted by Gasteiger charge is 2.38. The van der Waals surface area contributed by atoms with Crippen LogP contribution in [0.2, 0.25) is 0 Å². The van der Waals surface area contributed by atoms with E-state index in [0.29, 0.717) is 45.0 Å². The van der Waals surface area contributed by atoms with E-state index < -0.39 is 42.0 Å². The van der Waals surface area contributed by atoms with Gasteiger partial charge in [-0.2, -0.15) is 9.10 Å². The zero-order chi connectivity index (χ0) is 49.4. The monoisotopic (exact) mass is 986 g/mol. The molecule has 0 fully saturated rings. The number of sulfonamides is 2. The molecule has 2 aromatic heterocycles. The summed E-state index contributed by atoms with van der Waals surface area (Å²) in [5.41, 5.74) is 10.2. The van der Waals surface area contributed by atoms with E-state index in [1.165, 1.54) is 42.4 Å². The Kier molecular flexibility index (Phi) is 14.7. The number of nitrogens with two attached hydrogens (primary N) is 1. The van der Waals surface area contributed by atoms with Crippen LogP contribution in [0.5, 0.6) is 17.2 Å². The number of rotatable bonds is 20. The number of methoxy groups -OCH3 is 3. The predicted molar refractivity (Wildman–Crippen MR) is 262 cm³/mol. The maximum Gasteiger partial charge on any atom is 0.407 e. The zero-order valence-electron chi connectivity index (χ0n) is 38.6. The minimum absolute atomic E-state index is 0.00990. The number of ether oxygens (including phenoxy) is 4. The van der Waals surface area contributed by atoms with Gasteiger partial charge in [0.15, 0.2) is 5.95 Å². The van der Waals surface area contributed by atoms with Crippen molar-refractivity contribution < 1.29 is 40.6 Å². The first-order valence-electron chi connectivity index (χ1n) is 21.8. The molecule has 6 aromatic carbocycles. The van der Waals surface area contributed by atoms with Gasteiger partial charge in [-0.25, -0.2) is 31.3 Å². The number of nitrogens with one attached hydrogen (secondary N) is 3. The number of hydrogen-bond acceptors (Lipinski definition) is 14. The van der Waals surface area contributed by atoms with Gasteiger partial charge in [0, 0.05) is 31.2 Å². The highest BCUT2D eigenvalue weighted by atomic mass is 32.2. The van der Waals surface area contributed by atoms with Crippen LogP contribution in [0.15, 0.2) is 143 Å². The first kappa shape index (κ1) is 48.6. The van der Waals surface area contributed by atoms with E-state index in [1.54, 1.807) is 98.1 Å². The predicted octanol–water partition coefficient (Wildman–Crippen LogP) is 6.52. The molecule has 0 aliphatic rings. The van der Waals surface area contributed by atoms with Crippen LogP contribution in [0.4, 0.5) is 10.7 Å². The summed E-state index contributed by atoms with van der Waals surface area (Å²) in [5, 5.41) is 16.1. The second-order valence-corrected chi connectivity index (χ2v) is 19.6. The van der Waals surface area contributed by atoms with Crippen LogP contribution < -0.4 is 30.0 Å². The SMILES string of the molecule is COc1ccc(CN(Cc2ccc(OC)cc2)S(=O)(=O)c2c(S(=O)(=O)N[C@@H](C)CNC(=O)OCc3ccccc3)ccc(-c3cccc4[nH]c(N)nc34)c2-c2nnn(Cc3ccc(OC)cc3)n2)cc1. The largest absolute Gasteiger partial charge is 0.497 e. The second-order valence-electron chi connectivity index (χ2n) is 16.1. The third kappa shape index (κ3) is 11.2. The molecule has 8 aromatic rings. The van der Waals surface area contributed by atoms with E-state index in [4.69, 9.17) is 29.8 Å². The highest BCUT2D eigenvalue weighted by molar-refractivity contribution is 7.92. The molecule has 0 saturated heterocycles. The van der Waals surface area contributed by atoms with Gasteiger partial charge in [-0.05, 0) is 88.5 Å². The van der Waals surface area contributed by atoms with Gasteiger partial charge < -0.3 is 35.0 Å². The molecule has 362 valence electrons. The van der Waals surface area contributed by atoms with Crippen molar-refractivity contribution >= 4 is 43.1 Å². The van der Waals surface area contributed by atoms with E-state index in [2.05, 4.69) is 30.3 Å². The minimum Gasteiger partial charge on any atom is -0.497 e. The van der Waals surface area contributed by atoms with Crippen molar-refractivity contribution in [1.82, 2.24) is 44.5 Å². The van der Waals surface area contributed by atoms with E-state index >= 15 is 16.8 Å². The van der Waals surface area contributed by atoms with Gasteiger partial charge in [0.1, 0.15) is 33.6 Å². The molecule has 0 aliphatic carbocycles. The Morgan fingerprint density at radius 2 is 1.33 bits per heavy atom. The molecule has 70 heavy (non-hydrogen) atoms. The standard InChI is InChI=1S/C49H50N10O9S2/c1-32(27-51-49(60)68-31-36-9-6-5-7-10-36)56-69(61,62)43-26-25-40(41-11-8-12-42-45(41)53-48(50)52-42)44(47-54-57-59(55-47)30-35-17-23-39(67-4)24-18-35)46(43)70(63,64)58(28-33-13-19-37(65-2)20-14-33)29-34-15-21-38(66-3)22-16-34/h5-26,32,56H,27-31H2,1-4H3,(H,51,60)(H3,50,52,53)/t32-/m0/s1. The first-order chi connectivity index (χ1) is 33.7. The number of H-pyrrole nitrogens is 1. The number of carbonyl (C=O) groups excluding carboxylic acids is 1. The maximum absolute atomic E-state index is 16.1. The Labute approximate surface area is 404 Å². The van der Waals surface area contributed by atoms with E-state index in [0.717, 1.165) is 11.1 Å². The molecule has 1 amide bonds. The normalized spacial score (nSPS) is 12.2. The summed E-state index contributed by atoms with van der Waals surface area (Å²) in [7, 11) is -5.18. The lowest BCUT2D eigenvalue weighted by Crippen LogP contribution is -2.42. The number of anilines is 1. The number of carbonyl (C=O) groups is 1. The van der Waals surface area contributed by atoms with Gasteiger partial charge in [-0.3, -0.25) is 0 Å². The average Bonchev–Trinajstić information content (AvgIpc) is 4.00. The fourth-order valence-electron chi connectivity index (χ4n) is 7.66. The number of aromatic amines is 1. The van der Waals surface area contributed by atoms with Crippen molar-refractivity contribution in [3.8, 4) is 39.8 Å². The van der Waals surface area contributed by atoms with E-state index in [-0.39, 0.29) is 55.7 Å². The van der Waals surface area contributed by atoms with Gasteiger partial charge >= 0.3 is 6.09 Å². The molecule has 19 nitrogen and oxygen atoms in total. The van der Waals surface area contributed by atoms with Crippen LogP contribution in [-0.2, 0) is 51.0 Å². The molecule has 8 rings (SSSR count). The number of imidazole rings is 1. The third-order valence-corrected chi connectivity index (χ3v) is 14.8. The number of nitrogens with zero attached hydrogens (tertiary/aromatic N) is 6. The fourth-order valence-corrected chi connectivity index (χ4v) is 11.3. The van der Waals surface area contributed by atoms with Crippen molar-refractivity contribution in [1.29, 1.82) is 0 Å². The summed E-state index contributed by atoms with van der Waals surface area (Å²) in [5.74, 6) is 1.63. The molecule has 0 bridgehead atoms. The van der Waals surface area contributed by atoms with Gasteiger partial charge in [0.25, 0.3) is 0 Å². The summed E-state index contributed by atoms with van der Waals surface area (Å²) < 4.78 is 87.5.